The van der Waals surface area contributed by atoms with Crippen LogP contribution in [0.1, 0.15) is 30.3 Å². The number of aromatic nitrogens is 1. The van der Waals surface area contributed by atoms with Crippen LogP contribution in [0, 0.1) is 0 Å². The molecule has 1 fully saturated rings. The van der Waals surface area contributed by atoms with E-state index in [9.17, 15) is 13.2 Å². The molecule has 8 heteroatoms. The number of rotatable bonds is 4. The molecule has 0 radical (unpaired) electrons. The van der Waals surface area contributed by atoms with Crippen molar-refractivity contribution in [1.82, 2.24) is 14.2 Å². The van der Waals surface area contributed by atoms with Gasteiger partial charge in [0.2, 0.25) is 10.0 Å². The minimum atomic E-state index is -3.26. The van der Waals surface area contributed by atoms with E-state index in [0.29, 0.717) is 31.0 Å². The zero-order valence-corrected chi connectivity index (χ0v) is 13.2. The topological polar surface area (TPSA) is 97.4 Å². The van der Waals surface area contributed by atoms with Crippen LogP contribution in [0.4, 0.5) is 5.69 Å². The van der Waals surface area contributed by atoms with Crippen LogP contribution in [0.15, 0.2) is 12.3 Å². The fourth-order valence-corrected chi connectivity index (χ4v) is 3.49. The monoisotopic (exact) mass is 314 g/mol. The summed E-state index contributed by atoms with van der Waals surface area (Å²) >= 11 is 0. The number of hydrogen-bond acceptors (Lipinski definition) is 4. The van der Waals surface area contributed by atoms with E-state index in [1.165, 1.54) is 0 Å². The predicted molar refractivity (Wildman–Crippen MR) is 81.4 cm³/mol. The summed E-state index contributed by atoms with van der Waals surface area (Å²) in [6.07, 6.45) is 4.40. The fourth-order valence-electron chi connectivity index (χ4n) is 2.70. The average Bonchev–Trinajstić information content (AvgIpc) is 2.77. The molecule has 1 atom stereocenters. The van der Waals surface area contributed by atoms with Crippen LogP contribution in [0.25, 0.3) is 0 Å². The van der Waals surface area contributed by atoms with Crippen LogP contribution in [-0.2, 0) is 16.6 Å². The summed E-state index contributed by atoms with van der Waals surface area (Å²) in [6, 6.07) is 1.44. The van der Waals surface area contributed by atoms with Gasteiger partial charge in [0.1, 0.15) is 5.69 Å². The Balaban J connectivity index is 2.12. The molecule has 0 saturated carbocycles. The molecule has 2 rings (SSSR count). The van der Waals surface area contributed by atoms with Gasteiger partial charge in [-0.3, -0.25) is 4.79 Å². The minimum Gasteiger partial charge on any atom is -0.397 e. The number of nitrogens with two attached hydrogens (primary N) is 1. The van der Waals surface area contributed by atoms with Gasteiger partial charge >= 0.3 is 0 Å². The number of anilines is 1. The number of carbonyl (C=O) groups excluding carboxylic acids is 1. The van der Waals surface area contributed by atoms with E-state index >= 15 is 0 Å². The van der Waals surface area contributed by atoms with Gasteiger partial charge in [-0.05, 0) is 25.8 Å². The smallest absolute Gasteiger partial charge is 0.270 e. The van der Waals surface area contributed by atoms with Gasteiger partial charge in [0.25, 0.3) is 5.91 Å². The molecule has 0 bridgehead atoms. The van der Waals surface area contributed by atoms with E-state index in [4.69, 9.17) is 5.73 Å². The molecule has 1 saturated heterocycles. The molecule has 1 aliphatic heterocycles. The van der Waals surface area contributed by atoms with Gasteiger partial charge < -0.3 is 15.2 Å². The number of piperidine rings is 1. The molecule has 0 aliphatic carbocycles. The van der Waals surface area contributed by atoms with Crippen molar-refractivity contribution in [3.05, 3.63) is 18.0 Å². The largest absolute Gasteiger partial charge is 0.397 e. The van der Waals surface area contributed by atoms with Crippen molar-refractivity contribution in [2.75, 3.05) is 25.1 Å². The lowest BCUT2D eigenvalue weighted by Crippen LogP contribution is -2.49. The Bertz CT molecular complexity index is 623. The van der Waals surface area contributed by atoms with Gasteiger partial charge in [0.05, 0.1) is 11.9 Å². The van der Waals surface area contributed by atoms with Crippen molar-refractivity contribution in [3.63, 3.8) is 0 Å². The highest BCUT2D eigenvalue weighted by Crippen LogP contribution is 2.17. The summed E-state index contributed by atoms with van der Waals surface area (Å²) < 4.78 is 27.0. The van der Waals surface area contributed by atoms with Crippen molar-refractivity contribution in [3.8, 4) is 0 Å². The predicted octanol–water partition coefficient (Wildman–Crippen LogP) is 0.244. The van der Waals surface area contributed by atoms with E-state index in [1.807, 2.05) is 11.5 Å². The fraction of sp³-hybridized carbons (Fsp3) is 0.615. The summed E-state index contributed by atoms with van der Waals surface area (Å²) in [4.78, 5) is 14.3. The molecule has 1 amide bonds. The van der Waals surface area contributed by atoms with Crippen LogP contribution in [0.5, 0.6) is 0 Å². The zero-order chi connectivity index (χ0) is 15.6. The van der Waals surface area contributed by atoms with Crippen molar-refractivity contribution >= 4 is 21.6 Å². The van der Waals surface area contributed by atoms with Crippen LogP contribution in [-0.4, -0.2) is 49.2 Å². The third-order valence-corrected chi connectivity index (χ3v) is 4.33. The van der Waals surface area contributed by atoms with E-state index in [1.54, 1.807) is 17.2 Å². The van der Waals surface area contributed by atoms with Gasteiger partial charge in [-0.15, -0.1) is 0 Å². The van der Waals surface area contributed by atoms with Crippen LogP contribution >= 0.6 is 0 Å². The highest BCUT2D eigenvalue weighted by atomic mass is 32.2. The first-order chi connectivity index (χ1) is 9.80. The van der Waals surface area contributed by atoms with Gasteiger partial charge in [-0.25, -0.2) is 13.1 Å². The van der Waals surface area contributed by atoms with E-state index in [-0.39, 0.29) is 11.9 Å². The molecule has 1 aromatic rings. The first kappa shape index (κ1) is 15.8. The van der Waals surface area contributed by atoms with Crippen LogP contribution < -0.4 is 10.5 Å². The van der Waals surface area contributed by atoms with Crippen molar-refractivity contribution in [2.45, 2.75) is 32.4 Å². The van der Waals surface area contributed by atoms with Gasteiger partial charge in [0, 0.05) is 31.9 Å². The lowest BCUT2D eigenvalue weighted by molar-refractivity contribution is 0.0692. The molecular weight excluding hydrogens is 292 g/mol. The zero-order valence-electron chi connectivity index (χ0n) is 12.4. The normalized spacial score (nSPS) is 19.7. The highest BCUT2D eigenvalue weighted by Gasteiger charge is 2.27. The Kier molecular flexibility index (Phi) is 4.58. The maximum absolute atomic E-state index is 12.6. The van der Waals surface area contributed by atoms with E-state index in [2.05, 4.69) is 4.72 Å². The molecule has 1 unspecified atom stereocenters. The standard InChI is InChI=1S/C13H22N4O3S/c1-3-16-8-10(14)7-12(16)13(18)17-6-4-5-11(9-17)15-21(2,19)20/h7-8,11,15H,3-6,9,14H2,1-2H3. The molecule has 7 nitrogen and oxygen atoms in total. The Morgan fingerprint density at radius 1 is 1.52 bits per heavy atom. The highest BCUT2D eigenvalue weighted by molar-refractivity contribution is 7.88. The van der Waals surface area contributed by atoms with Crippen molar-refractivity contribution in [2.24, 2.45) is 0 Å². The third-order valence-electron chi connectivity index (χ3n) is 3.57. The number of hydrogen-bond donors (Lipinski definition) is 2. The second-order valence-electron chi connectivity index (χ2n) is 5.43. The summed E-state index contributed by atoms with van der Waals surface area (Å²) in [5.74, 6) is -0.103. The van der Waals surface area contributed by atoms with Crippen molar-refractivity contribution in [1.29, 1.82) is 0 Å². The Labute approximate surface area is 125 Å². The molecule has 0 aromatic carbocycles. The Hall–Kier alpha value is -1.54. The average molecular weight is 314 g/mol. The van der Waals surface area contributed by atoms with Crippen LogP contribution in [0.2, 0.25) is 0 Å². The number of amides is 1. The lowest BCUT2D eigenvalue weighted by atomic mass is 10.1. The SMILES string of the molecule is CCn1cc(N)cc1C(=O)N1CCCC(NS(C)(=O)=O)C1. The maximum Gasteiger partial charge on any atom is 0.270 e. The molecule has 1 aromatic heterocycles. The summed E-state index contributed by atoms with van der Waals surface area (Å²) in [5.41, 5.74) is 6.86. The molecule has 1 aliphatic rings. The number of nitrogens with zero attached hydrogens (tertiary/aromatic N) is 2. The first-order valence-corrected chi connectivity index (χ1v) is 8.91. The molecule has 0 spiro atoms. The molecule has 3 N–H and O–H groups in total. The number of carbonyl (C=O) groups is 1. The van der Waals surface area contributed by atoms with Gasteiger partial charge in [0.15, 0.2) is 0 Å². The number of aryl methyl sites for hydroxylation is 1. The summed E-state index contributed by atoms with van der Waals surface area (Å²) in [6.45, 7) is 3.63. The lowest BCUT2D eigenvalue weighted by Gasteiger charge is -2.32. The molecule has 118 valence electrons. The van der Waals surface area contributed by atoms with E-state index < -0.39 is 10.0 Å². The first-order valence-electron chi connectivity index (χ1n) is 7.02. The third kappa shape index (κ3) is 3.98. The quantitative estimate of drug-likeness (QED) is 0.832. The Morgan fingerprint density at radius 2 is 2.24 bits per heavy atom. The minimum absolute atomic E-state index is 0.103. The molecule has 2 heterocycles. The van der Waals surface area contributed by atoms with Gasteiger partial charge in [-0.1, -0.05) is 0 Å². The second kappa shape index (κ2) is 6.07. The summed E-state index contributed by atoms with van der Waals surface area (Å²) in [7, 11) is -3.26. The maximum atomic E-state index is 12.6. The van der Waals surface area contributed by atoms with Gasteiger partial charge in [-0.2, -0.15) is 0 Å². The number of nitrogen functional groups attached to an aromatic ring is 1. The second-order valence-corrected chi connectivity index (χ2v) is 7.21. The molecular formula is C13H22N4O3S. The number of sulfonamides is 1. The number of nitrogens with one attached hydrogen (secondary N) is 1. The van der Waals surface area contributed by atoms with E-state index in [0.717, 1.165) is 19.1 Å². The molecule has 21 heavy (non-hydrogen) atoms. The summed E-state index contributed by atoms with van der Waals surface area (Å²) in [5, 5.41) is 0. The number of likely N-dealkylation sites (tertiary alicyclic amines) is 1. The Morgan fingerprint density at radius 3 is 2.86 bits per heavy atom. The van der Waals surface area contributed by atoms with Crippen molar-refractivity contribution < 1.29 is 13.2 Å². The van der Waals surface area contributed by atoms with Crippen LogP contribution in [0.3, 0.4) is 0 Å².